The number of hydrogen-bond donors (Lipinski definition) is 3. The second-order valence-corrected chi connectivity index (χ2v) is 11.2. The van der Waals surface area contributed by atoms with E-state index in [1.54, 1.807) is 0 Å². The number of anilines is 1. The van der Waals surface area contributed by atoms with E-state index in [0.29, 0.717) is 17.9 Å². The van der Waals surface area contributed by atoms with Gasteiger partial charge in [-0.1, -0.05) is 6.92 Å². The highest BCUT2D eigenvalue weighted by atomic mass is 19.1. The number of halogens is 5. The monoisotopic (exact) mass is 561 g/mol. The van der Waals surface area contributed by atoms with Gasteiger partial charge in [-0.2, -0.15) is 0 Å². The second kappa shape index (κ2) is 9.33. The molecular formula is C31H24F5N5. The fourth-order valence-electron chi connectivity index (χ4n) is 7.06. The van der Waals surface area contributed by atoms with Gasteiger partial charge in [0.2, 0.25) is 5.69 Å². The van der Waals surface area contributed by atoms with Crippen molar-refractivity contribution in [3.8, 4) is 22.4 Å². The van der Waals surface area contributed by atoms with Crippen LogP contribution in [-0.4, -0.2) is 21.0 Å². The summed E-state index contributed by atoms with van der Waals surface area (Å²) in [6.07, 6.45) is 6.98. The molecule has 3 fully saturated rings. The van der Waals surface area contributed by atoms with Gasteiger partial charge in [-0.25, -0.2) is 31.8 Å². The van der Waals surface area contributed by atoms with Crippen molar-refractivity contribution in [2.45, 2.75) is 38.6 Å². The first-order valence-electron chi connectivity index (χ1n) is 13.6. The molecule has 3 N–H and O–H groups in total. The van der Waals surface area contributed by atoms with E-state index in [0.717, 1.165) is 43.9 Å². The Morgan fingerprint density at radius 2 is 1.39 bits per heavy atom. The van der Waals surface area contributed by atoms with Crippen molar-refractivity contribution in [1.29, 1.82) is 0 Å². The quantitative estimate of drug-likeness (QED) is 0.152. The summed E-state index contributed by atoms with van der Waals surface area (Å²) in [5.41, 5.74) is -0.220. The minimum Gasteiger partial charge on any atom is -0.364 e. The fourth-order valence-corrected chi connectivity index (χ4v) is 7.06. The third-order valence-corrected chi connectivity index (χ3v) is 9.10. The molecule has 3 aliphatic carbocycles. The van der Waals surface area contributed by atoms with Crippen LogP contribution in [0.1, 0.15) is 32.6 Å². The van der Waals surface area contributed by atoms with Gasteiger partial charge in [-0.05, 0) is 61.1 Å². The minimum absolute atomic E-state index is 0.00463. The van der Waals surface area contributed by atoms with Gasteiger partial charge in [0, 0.05) is 52.5 Å². The van der Waals surface area contributed by atoms with E-state index >= 15 is 4.39 Å². The summed E-state index contributed by atoms with van der Waals surface area (Å²) in [5, 5.41) is 3.50. The predicted molar refractivity (Wildman–Crippen MR) is 147 cm³/mol. The van der Waals surface area contributed by atoms with Gasteiger partial charge < -0.3 is 15.3 Å². The Balaban J connectivity index is 1.51. The van der Waals surface area contributed by atoms with E-state index in [4.69, 9.17) is 6.57 Å². The molecule has 10 heteroatoms. The molecule has 5 aromatic rings. The van der Waals surface area contributed by atoms with Crippen LogP contribution in [-0.2, 0) is 0 Å². The van der Waals surface area contributed by atoms with E-state index in [2.05, 4.69) is 32.0 Å². The van der Waals surface area contributed by atoms with Crippen LogP contribution >= 0.6 is 0 Å². The van der Waals surface area contributed by atoms with Crippen molar-refractivity contribution < 1.29 is 22.0 Å². The highest BCUT2D eigenvalue weighted by molar-refractivity contribution is 6.05. The first-order valence-corrected chi connectivity index (χ1v) is 13.6. The van der Waals surface area contributed by atoms with E-state index in [1.807, 2.05) is 0 Å². The van der Waals surface area contributed by atoms with Gasteiger partial charge in [-0.3, -0.25) is 0 Å². The van der Waals surface area contributed by atoms with Crippen LogP contribution in [0.15, 0.2) is 36.7 Å². The molecule has 3 aliphatic rings. The van der Waals surface area contributed by atoms with Crippen molar-refractivity contribution in [1.82, 2.24) is 15.0 Å². The van der Waals surface area contributed by atoms with E-state index in [-0.39, 0.29) is 67.7 Å². The molecule has 0 radical (unpaired) electrons. The molecule has 2 atom stereocenters. The van der Waals surface area contributed by atoms with Gasteiger partial charge >= 0.3 is 0 Å². The highest BCUT2D eigenvalue weighted by Gasteiger charge is 2.42. The number of pyridine rings is 1. The lowest BCUT2D eigenvalue weighted by Crippen LogP contribution is -2.47. The number of aromatic amines is 2. The summed E-state index contributed by atoms with van der Waals surface area (Å²) in [6.45, 7) is 10.2. The Morgan fingerprint density at radius 1 is 0.829 bits per heavy atom. The number of fused-ring (bicyclic) bond motifs is 5. The normalized spacial score (nSPS) is 22.0. The Kier molecular flexibility index (Phi) is 5.82. The Morgan fingerprint density at radius 3 is 1.98 bits per heavy atom. The first-order chi connectivity index (χ1) is 19.7. The SMILES string of the molecule is [C-]#[N+]c1c(-c2c[nH]c3c(F)cc(F)cc23)nc(NC2C3CCC(CC3)C2C)c(F)c1-c1c[nH]c2c(F)cc(F)cc12. The Hall–Kier alpha value is -4.39. The lowest BCUT2D eigenvalue weighted by atomic mass is 9.62. The van der Waals surface area contributed by atoms with E-state index in [9.17, 15) is 17.6 Å². The molecule has 208 valence electrons. The van der Waals surface area contributed by atoms with Crippen molar-refractivity contribution in [3.63, 3.8) is 0 Å². The summed E-state index contributed by atoms with van der Waals surface area (Å²) in [4.78, 5) is 13.7. The van der Waals surface area contributed by atoms with Crippen LogP contribution in [0.4, 0.5) is 33.5 Å². The minimum atomic E-state index is -0.863. The van der Waals surface area contributed by atoms with Crippen LogP contribution in [0.3, 0.4) is 0 Å². The molecule has 3 saturated carbocycles. The van der Waals surface area contributed by atoms with Gasteiger partial charge in [0.15, 0.2) is 11.6 Å². The molecule has 2 unspecified atom stereocenters. The summed E-state index contributed by atoms with van der Waals surface area (Å²) >= 11 is 0. The number of benzene rings is 2. The third kappa shape index (κ3) is 3.90. The number of aromatic nitrogens is 3. The summed E-state index contributed by atoms with van der Waals surface area (Å²) in [7, 11) is 0. The van der Waals surface area contributed by atoms with Crippen molar-refractivity contribution in [2.24, 2.45) is 17.8 Å². The van der Waals surface area contributed by atoms with Gasteiger partial charge in [0.1, 0.15) is 23.3 Å². The zero-order chi connectivity index (χ0) is 28.6. The number of nitrogens with one attached hydrogen (secondary N) is 3. The average Bonchev–Trinajstić information content (AvgIpc) is 3.56. The topological polar surface area (TPSA) is 60.9 Å². The lowest BCUT2D eigenvalue weighted by molar-refractivity contribution is 0.0926. The molecule has 0 amide bonds. The molecule has 2 aromatic carbocycles. The molecule has 41 heavy (non-hydrogen) atoms. The molecular weight excluding hydrogens is 537 g/mol. The maximum Gasteiger partial charge on any atom is 0.223 e. The maximum absolute atomic E-state index is 16.6. The molecule has 3 aromatic heterocycles. The number of rotatable bonds is 4. The average molecular weight is 562 g/mol. The number of nitrogens with zero attached hydrogens (tertiary/aromatic N) is 2. The van der Waals surface area contributed by atoms with Gasteiger partial charge in [0.25, 0.3) is 0 Å². The zero-order valence-electron chi connectivity index (χ0n) is 21.9. The summed E-state index contributed by atoms with van der Waals surface area (Å²) in [5.74, 6) is -3.26. The largest absolute Gasteiger partial charge is 0.364 e. The molecule has 2 bridgehead atoms. The molecule has 0 spiro atoms. The van der Waals surface area contributed by atoms with Crippen LogP contribution < -0.4 is 5.32 Å². The van der Waals surface area contributed by atoms with Crippen LogP contribution in [0.5, 0.6) is 0 Å². The van der Waals surface area contributed by atoms with Crippen molar-refractivity contribution in [3.05, 3.63) is 77.2 Å². The van der Waals surface area contributed by atoms with Crippen LogP contribution in [0, 0.1) is 53.4 Å². The Labute approximate surface area is 231 Å². The van der Waals surface area contributed by atoms with E-state index in [1.165, 1.54) is 12.4 Å². The van der Waals surface area contributed by atoms with Crippen molar-refractivity contribution in [2.75, 3.05) is 5.32 Å². The molecule has 0 saturated heterocycles. The van der Waals surface area contributed by atoms with E-state index < -0.39 is 29.1 Å². The fraction of sp³-hybridized carbons (Fsp3) is 0.290. The summed E-state index contributed by atoms with van der Waals surface area (Å²) < 4.78 is 74.4. The first kappa shape index (κ1) is 25.6. The standard InChI is InChI=1S/C31H24F5N5/c1-13-14-3-5-15(6-4-14)26(13)40-31-25(36)24(20-11-38-27-18(20)7-16(32)9-22(27)34)30(37-2)29(41-31)21-12-39-28-19(21)8-17(33)10-23(28)35/h7-15,26,38-39H,3-6H2,1H3,(H,40,41). The highest BCUT2D eigenvalue weighted by Crippen LogP contribution is 2.49. The molecule has 0 aliphatic heterocycles. The Bertz CT molecular complexity index is 1890. The smallest absolute Gasteiger partial charge is 0.223 e. The molecule has 5 nitrogen and oxygen atoms in total. The number of hydrogen-bond acceptors (Lipinski definition) is 2. The predicted octanol–water partition coefficient (Wildman–Crippen LogP) is 8.86. The van der Waals surface area contributed by atoms with Crippen LogP contribution in [0.25, 0.3) is 49.0 Å². The molecule has 3 heterocycles. The third-order valence-electron chi connectivity index (χ3n) is 9.10. The molecule has 8 rings (SSSR count). The van der Waals surface area contributed by atoms with Gasteiger partial charge in [0.05, 0.1) is 23.3 Å². The van der Waals surface area contributed by atoms with Crippen molar-refractivity contribution >= 4 is 33.3 Å². The van der Waals surface area contributed by atoms with Crippen LogP contribution in [0.2, 0.25) is 0 Å². The number of H-pyrrole nitrogens is 2. The summed E-state index contributed by atoms with van der Waals surface area (Å²) in [6, 6.07) is 3.58. The maximum atomic E-state index is 16.6. The second-order valence-electron chi connectivity index (χ2n) is 11.2. The van der Waals surface area contributed by atoms with Gasteiger partial charge in [-0.15, -0.1) is 0 Å². The lowest BCUT2D eigenvalue weighted by Gasteiger charge is -2.47. The zero-order valence-corrected chi connectivity index (χ0v) is 21.9.